The van der Waals surface area contributed by atoms with Gasteiger partial charge in [-0.1, -0.05) is 19.1 Å². The van der Waals surface area contributed by atoms with E-state index in [1.807, 2.05) is 12.1 Å². The van der Waals surface area contributed by atoms with E-state index in [-0.39, 0.29) is 5.41 Å². The van der Waals surface area contributed by atoms with Gasteiger partial charge in [-0.2, -0.15) is 13.6 Å². The molecule has 2 N–H and O–H groups in total. The number of aryl methyl sites for hydroxylation is 1. The number of hydrogen-bond acceptors (Lipinski definition) is 4. The van der Waals surface area contributed by atoms with Gasteiger partial charge in [-0.05, 0) is 84.1 Å². The normalized spacial score (nSPS) is 33.0. The highest BCUT2D eigenvalue weighted by molar-refractivity contribution is 7.84. The Morgan fingerprint density at radius 1 is 1.31 bits per heavy atom. The van der Waals surface area contributed by atoms with E-state index >= 15 is 0 Å². The molecule has 0 unspecified atom stereocenters. The fourth-order valence-electron chi connectivity index (χ4n) is 5.78. The molecule has 6 heteroatoms. The highest BCUT2D eigenvalue weighted by Crippen LogP contribution is 2.61. The zero-order chi connectivity index (χ0) is 18.5. The van der Waals surface area contributed by atoms with Crippen molar-refractivity contribution in [3.05, 3.63) is 41.0 Å². The number of methoxy groups -OCH3 is 1. The van der Waals surface area contributed by atoms with E-state index in [0.29, 0.717) is 23.5 Å². The van der Waals surface area contributed by atoms with Gasteiger partial charge in [-0.15, -0.1) is 0 Å². The average Bonchev–Trinajstić information content (AvgIpc) is 2.90. The Labute approximate surface area is 155 Å². The van der Waals surface area contributed by atoms with Gasteiger partial charge >= 0.3 is 10.3 Å². The standard InChI is InChI=1S/C20H27NO4S/c1-20-10-9-17-16-7-5-15(25-26(21,22)23)11-13(16)3-6-18(17)19(20)8-4-14(20)12-24-2/h4-5,7,11,17-19H,3,6,8-10,12H2,1-2H3,(H2,21,22,23)/t17-,18-,19+,20-/m1/s1. The minimum atomic E-state index is -3.98. The second-order valence-corrected chi connectivity index (χ2v) is 9.36. The Balaban J connectivity index is 1.60. The topological polar surface area (TPSA) is 78.6 Å². The summed E-state index contributed by atoms with van der Waals surface area (Å²) >= 11 is 0. The van der Waals surface area contributed by atoms with Gasteiger partial charge in [0.05, 0.1) is 6.61 Å². The Morgan fingerprint density at radius 2 is 2.12 bits per heavy atom. The predicted octanol–water partition coefficient (Wildman–Crippen LogP) is 3.31. The van der Waals surface area contributed by atoms with E-state index in [2.05, 4.69) is 13.0 Å². The first kappa shape index (κ1) is 18.0. The smallest absolute Gasteiger partial charge is 0.380 e. The van der Waals surface area contributed by atoms with Gasteiger partial charge in [0.15, 0.2) is 0 Å². The maximum Gasteiger partial charge on any atom is 0.380 e. The number of rotatable bonds is 4. The van der Waals surface area contributed by atoms with Crippen LogP contribution in [-0.2, 0) is 21.5 Å². The molecule has 1 saturated carbocycles. The molecule has 0 bridgehead atoms. The summed E-state index contributed by atoms with van der Waals surface area (Å²) in [6, 6.07) is 5.64. The van der Waals surface area contributed by atoms with E-state index in [1.165, 1.54) is 29.5 Å². The third-order valence-electron chi connectivity index (χ3n) is 6.95. The lowest BCUT2D eigenvalue weighted by atomic mass is 9.54. The van der Waals surface area contributed by atoms with Gasteiger partial charge in [0.2, 0.25) is 0 Å². The van der Waals surface area contributed by atoms with Crippen LogP contribution >= 0.6 is 0 Å². The summed E-state index contributed by atoms with van der Waals surface area (Å²) in [5.74, 6) is 2.22. The van der Waals surface area contributed by atoms with Gasteiger partial charge in [0.1, 0.15) is 5.75 Å². The molecule has 0 radical (unpaired) electrons. The van der Waals surface area contributed by atoms with E-state index in [4.69, 9.17) is 14.1 Å². The summed E-state index contributed by atoms with van der Waals surface area (Å²) in [4.78, 5) is 0. The Bertz CT molecular complexity index is 847. The van der Waals surface area contributed by atoms with Crippen molar-refractivity contribution in [1.29, 1.82) is 0 Å². The third kappa shape index (κ3) is 2.98. The van der Waals surface area contributed by atoms with Crippen molar-refractivity contribution in [1.82, 2.24) is 0 Å². The van der Waals surface area contributed by atoms with Crippen LogP contribution in [0.1, 0.15) is 49.7 Å². The van der Waals surface area contributed by atoms with Crippen molar-refractivity contribution in [3.63, 3.8) is 0 Å². The molecule has 4 atom stereocenters. The number of nitrogens with two attached hydrogens (primary N) is 1. The zero-order valence-electron chi connectivity index (χ0n) is 15.4. The minimum absolute atomic E-state index is 0.269. The van der Waals surface area contributed by atoms with Crippen molar-refractivity contribution in [2.24, 2.45) is 22.4 Å². The predicted molar refractivity (Wildman–Crippen MR) is 100 cm³/mol. The van der Waals surface area contributed by atoms with Gasteiger partial charge in [0, 0.05) is 7.11 Å². The molecule has 0 amide bonds. The molecule has 1 aromatic rings. The first-order valence-electron chi connectivity index (χ1n) is 9.35. The quantitative estimate of drug-likeness (QED) is 0.817. The molecule has 0 heterocycles. The Morgan fingerprint density at radius 3 is 2.85 bits per heavy atom. The monoisotopic (exact) mass is 377 g/mol. The SMILES string of the molecule is COCC1=CC[C@H]2[C@@H]3CCc4cc(OS(N)(=O)=O)ccc4[C@H]3CC[C@]12C. The van der Waals surface area contributed by atoms with Crippen LogP contribution in [0.25, 0.3) is 0 Å². The second-order valence-electron chi connectivity index (χ2n) is 8.21. The van der Waals surface area contributed by atoms with Crippen LogP contribution in [0.5, 0.6) is 5.75 Å². The van der Waals surface area contributed by atoms with E-state index in [1.54, 1.807) is 13.2 Å². The summed E-state index contributed by atoms with van der Waals surface area (Å²) in [7, 11) is -2.20. The lowest BCUT2D eigenvalue weighted by Gasteiger charge is -2.50. The van der Waals surface area contributed by atoms with Crippen LogP contribution in [-0.4, -0.2) is 22.1 Å². The summed E-state index contributed by atoms with van der Waals surface area (Å²) < 4.78 is 32.7. The van der Waals surface area contributed by atoms with Gasteiger partial charge in [-0.3, -0.25) is 0 Å². The second kappa shape index (κ2) is 6.36. The number of benzene rings is 1. The molecule has 1 aromatic carbocycles. The molecule has 0 aliphatic heterocycles. The molecule has 3 aliphatic carbocycles. The van der Waals surface area contributed by atoms with Crippen molar-refractivity contribution < 1.29 is 17.3 Å². The minimum Gasteiger partial charge on any atom is -0.380 e. The van der Waals surface area contributed by atoms with Gasteiger partial charge in [0.25, 0.3) is 0 Å². The van der Waals surface area contributed by atoms with E-state index in [9.17, 15) is 8.42 Å². The van der Waals surface area contributed by atoms with Crippen LogP contribution in [0.15, 0.2) is 29.8 Å². The first-order valence-corrected chi connectivity index (χ1v) is 10.8. The number of ether oxygens (including phenoxy) is 1. The van der Waals surface area contributed by atoms with Crippen molar-refractivity contribution in [2.45, 2.75) is 44.9 Å². The van der Waals surface area contributed by atoms with Crippen LogP contribution in [0.2, 0.25) is 0 Å². The molecular formula is C20H27NO4S. The summed E-state index contributed by atoms with van der Waals surface area (Å²) in [5, 5.41) is 4.99. The van der Waals surface area contributed by atoms with E-state index < -0.39 is 10.3 Å². The largest absolute Gasteiger partial charge is 0.380 e. The molecule has 3 aliphatic rings. The average molecular weight is 378 g/mol. The third-order valence-corrected chi connectivity index (χ3v) is 7.38. The van der Waals surface area contributed by atoms with Crippen molar-refractivity contribution in [2.75, 3.05) is 13.7 Å². The Kier molecular flexibility index (Phi) is 4.40. The fraction of sp³-hybridized carbons (Fsp3) is 0.600. The summed E-state index contributed by atoms with van der Waals surface area (Å²) in [5.41, 5.74) is 4.32. The number of hydrogen-bond donors (Lipinski definition) is 1. The molecule has 1 fully saturated rings. The van der Waals surface area contributed by atoms with Crippen LogP contribution in [0, 0.1) is 17.3 Å². The molecule has 26 heavy (non-hydrogen) atoms. The molecule has 4 rings (SSSR count). The van der Waals surface area contributed by atoms with Gasteiger partial charge in [-0.25, -0.2) is 0 Å². The molecular weight excluding hydrogens is 350 g/mol. The molecule has 0 saturated heterocycles. The van der Waals surface area contributed by atoms with Crippen LogP contribution in [0.4, 0.5) is 0 Å². The maximum absolute atomic E-state index is 11.2. The van der Waals surface area contributed by atoms with E-state index in [0.717, 1.165) is 25.9 Å². The fourth-order valence-corrected chi connectivity index (χ4v) is 6.15. The van der Waals surface area contributed by atoms with Crippen molar-refractivity contribution >= 4 is 10.3 Å². The maximum atomic E-state index is 11.2. The van der Waals surface area contributed by atoms with Crippen molar-refractivity contribution in [3.8, 4) is 5.75 Å². The molecule has 5 nitrogen and oxygen atoms in total. The highest BCUT2D eigenvalue weighted by atomic mass is 32.2. The molecule has 0 spiro atoms. The number of fused-ring (bicyclic) bond motifs is 5. The Hall–Kier alpha value is -1.37. The molecule has 0 aromatic heterocycles. The summed E-state index contributed by atoms with van der Waals surface area (Å²) in [6.07, 6.45) is 8.02. The summed E-state index contributed by atoms with van der Waals surface area (Å²) in [6.45, 7) is 3.17. The highest BCUT2D eigenvalue weighted by Gasteiger charge is 2.51. The van der Waals surface area contributed by atoms with Crippen LogP contribution in [0.3, 0.4) is 0 Å². The lowest BCUT2D eigenvalue weighted by Crippen LogP contribution is -2.41. The lowest BCUT2D eigenvalue weighted by molar-refractivity contribution is 0.0639. The number of allylic oxidation sites excluding steroid dienone is 1. The molecule has 142 valence electrons. The zero-order valence-corrected chi connectivity index (χ0v) is 16.2. The first-order chi connectivity index (χ1) is 12.3. The van der Waals surface area contributed by atoms with Gasteiger partial charge < -0.3 is 8.92 Å². The van der Waals surface area contributed by atoms with Crippen LogP contribution < -0.4 is 9.32 Å².